The van der Waals surface area contributed by atoms with Crippen molar-refractivity contribution in [2.75, 3.05) is 0 Å². The first-order chi connectivity index (χ1) is 9.13. The summed E-state index contributed by atoms with van der Waals surface area (Å²) in [5, 5.41) is 8.60. The Morgan fingerprint density at radius 1 is 1.11 bits per heavy atom. The van der Waals surface area contributed by atoms with Gasteiger partial charge >= 0.3 is 0 Å². The third-order valence-electron chi connectivity index (χ3n) is 2.44. The highest BCUT2D eigenvalue weighted by Gasteiger charge is 2.08. The van der Waals surface area contributed by atoms with Crippen molar-refractivity contribution in [1.29, 1.82) is 5.26 Å². The first kappa shape index (κ1) is 13.3. The lowest BCUT2D eigenvalue weighted by molar-refractivity contribution is 0.438. The van der Waals surface area contributed by atoms with Gasteiger partial charge in [-0.2, -0.15) is 5.26 Å². The quantitative estimate of drug-likeness (QED) is 0.782. The smallest absolute Gasteiger partial charge is 0.166 e. The zero-order valence-corrected chi connectivity index (χ0v) is 10.4. The van der Waals surface area contributed by atoms with Gasteiger partial charge in [0, 0.05) is 11.9 Å². The summed E-state index contributed by atoms with van der Waals surface area (Å²) < 4.78 is 32.2. The summed E-state index contributed by atoms with van der Waals surface area (Å²) in [6.07, 6.45) is 0. The van der Waals surface area contributed by atoms with Crippen LogP contribution in [0.2, 0.25) is 0 Å². The number of ether oxygens (including phenoxy) is 1. The molecule has 5 heteroatoms. The van der Waals surface area contributed by atoms with E-state index in [-0.39, 0.29) is 22.9 Å². The van der Waals surface area contributed by atoms with Gasteiger partial charge in [0.2, 0.25) is 0 Å². The molecular formula is C14H8ClF2NO. The van der Waals surface area contributed by atoms with Crippen LogP contribution in [0, 0.1) is 23.0 Å². The highest BCUT2D eigenvalue weighted by Crippen LogP contribution is 2.26. The fraction of sp³-hybridized carbons (Fsp3) is 0.0714. The van der Waals surface area contributed by atoms with Crippen LogP contribution in [-0.2, 0) is 5.88 Å². The molecule has 0 saturated carbocycles. The van der Waals surface area contributed by atoms with E-state index in [1.54, 1.807) is 12.1 Å². The van der Waals surface area contributed by atoms with Crippen LogP contribution < -0.4 is 4.74 Å². The molecule has 0 aliphatic carbocycles. The van der Waals surface area contributed by atoms with E-state index < -0.39 is 11.6 Å². The molecule has 2 aromatic carbocycles. The number of alkyl halides is 1. The van der Waals surface area contributed by atoms with Crippen molar-refractivity contribution < 1.29 is 13.5 Å². The van der Waals surface area contributed by atoms with E-state index in [0.717, 1.165) is 6.07 Å². The Hall–Kier alpha value is -2.12. The fourth-order valence-corrected chi connectivity index (χ4v) is 1.65. The van der Waals surface area contributed by atoms with Gasteiger partial charge in [0.25, 0.3) is 0 Å². The largest absolute Gasteiger partial charge is 0.454 e. The molecule has 0 bridgehead atoms. The van der Waals surface area contributed by atoms with E-state index in [2.05, 4.69) is 0 Å². The fourth-order valence-electron chi connectivity index (χ4n) is 1.49. The Morgan fingerprint density at radius 2 is 1.89 bits per heavy atom. The van der Waals surface area contributed by atoms with E-state index in [1.807, 2.05) is 0 Å². The SMILES string of the molecule is N#Cc1ccc(Oc2ccc(CCl)cc2F)cc1F. The third-order valence-corrected chi connectivity index (χ3v) is 2.75. The zero-order chi connectivity index (χ0) is 13.8. The van der Waals surface area contributed by atoms with Crippen LogP contribution in [0.4, 0.5) is 8.78 Å². The minimum atomic E-state index is -0.710. The predicted molar refractivity (Wildman–Crippen MR) is 67.1 cm³/mol. The second kappa shape index (κ2) is 5.68. The highest BCUT2D eigenvalue weighted by molar-refractivity contribution is 6.17. The van der Waals surface area contributed by atoms with Crippen molar-refractivity contribution in [3.05, 3.63) is 59.2 Å². The lowest BCUT2D eigenvalue weighted by atomic mass is 10.2. The molecule has 2 aromatic rings. The molecule has 96 valence electrons. The first-order valence-corrected chi connectivity index (χ1v) is 5.89. The van der Waals surface area contributed by atoms with Crippen LogP contribution in [-0.4, -0.2) is 0 Å². The molecule has 2 rings (SSSR count). The van der Waals surface area contributed by atoms with Crippen LogP contribution in [0.5, 0.6) is 11.5 Å². The molecule has 19 heavy (non-hydrogen) atoms. The maximum absolute atomic E-state index is 13.6. The van der Waals surface area contributed by atoms with Crippen molar-refractivity contribution >= 4 is 11.6 Å². The molecule has 0 atom stereocenters. The normalized spacial score (nSPS) is 10.0. The Kier molecular flexibility index (Phi) is 3.98. The molecule has 0 radical (unpaired) electrons. The maximum atomic E-state index is 13.6. The van der Waals surface area contributed by atoms with Crippen LogP contribution in [0.1, 0.15) is 11.1 Å². The van der Waals surface area contributed by atoms with Crippen LogP contribution in [0.15, 0.2) is 36.4 Å². The van der Waals surface area contributed by atoms with Crippen LogP contribution in [0.25, 0.3) is 0 Å². The molecule has 0 fully saturated rings. The number of halogens is 3. The van der Waals surface area contributed by atoms with Gasteiger partial charge in [-0.25, -0.2) is 8.78 Å². The number of hydrogen-bond acceptors (Lipinski definition) is 2. The first-order valence-electron chi connectivity index (χ1n) is 5.36. The molecular weight excluding hydrogens is 272 g/mol. The van der Waals surface area contributed by atoms with Crippen LogP contribution >= 0.6 is 11.6 Å². The molecule has 0 saturated heterocycles. The van der Waals surface area contributed by atoms with Gasteiger partial charge in [0.15, 0.2) is 11.6 Å². The monoisotopic (exact) mass is 279 g/mol. The molecule has 0 spiro atoms. The predicted octanol–water partition coefficient (Wildman–Crippen LogP) is 4.37. The zero-order valence-electron chi connectivity index (χ0n) is 9.66. The summed E-state index contributed by atoms with van der Waals surface area (Å²) in [5.41, 5.74) is 0.530. The van der Waals surface area contributed by atoms with E-state index >= 15 is 0 Å². The van der Waals surface area contributed by atoms with Gasteiger partial charge in [-0.15, -0.1) is 11.6 Å². The number of benzene rings is 2. The topological polar surface area (TPSA) is 33.0 Å². The molecule has 0 aliphatic rings. The lowest BCUT2D eigenvalue weighted by Crippen LogP contribution is -1.92. The number of rotatable bonds is 3. The Labute approximate surface area is 113 Å². The van der Waals surface area contributed by atoms with E-state index in [0.29, 0.717) is 5.56 Å². The summed E-state index contributed by atoms with van der Waals surface area (Å²) in [5.74, 6) is -1.00. The Balaban J connectivity index is 2.26. The van der Waals surface area contributed by atoms with Crippen molar-refractivity contribution in [3.63, 3.8) is 0 Å². The van der Waals surface area contributed by atoms with E-state index in [1.165, 1.54) is 24.3 Å². The summed E-state index contributed by atoms with van der Waals surface area (Å²) in [6, 6.07) is 9.69. The summed E-state index contributed by atoms with van der Waals surface area (Å²) in [7, 11) is 0. The van der Waals surface area contributed by atoms with E-state index in [9.17, 15) is 8.78 Å². The third kappa shape index (κ3) is 3.01. The van der Waals surface area contributed by atoms with Gasteiger partial charge < -0.3 is 4.74 Å². The minimum Gasteiger partial charge on any atom is -0.454 e. The number of nitrogens with zero attached hydrogens (tertiary/aromatic N) is 1. The Morgan fingerprint density at radius 3 is 2.47 bits per heavy atom. The second-order valence-corrected chi connectivity index (χ2v) is 4.02. The lowest BCUT2D eigenvalue weighted by Gasteiger charge is -2.08. The second-order valence-electron chi connectivity index (χ2n) is 3.75. The van der Waals surface area contributed by atoms with Crippen LogP contribution in [0.3, 0.4) is 0 Å². The van der Waals surface area contributed by atoms with Crippen molar-refractivity contribution in [2.24, 2.45) is 0 Å². The van der Waals surface area contributed by atoms with Crippen molar-refractivity contribution in [3.8, 4) is 17.6 Å². The maximum Gasteiger partial charge on any atom is 0.166 e. The molecule has 0 aromatic heterocycles. The van der Waals surface area contributed by atoms with Gasteiger partial charge in [-0.3, -0.25) is 0 Å². The molecule has 0 N–H and O–H groups in total. The average molecular weight is 280 g/mol. The Bertz CT molecular complexity index is 652. The molecule has 0 unspecified atom stereocenters. The van der Waals surface area contributed by atoms with Crippen molar-refractivity contribution in [2.45, 2.75) is 5.88 Å². The highest BCUT2D eigenvalue weighted by atomic mass is 35.5. The van der Waals surface area contributed by atoms with Gasteiger partial charge in [0.1, 0.15) is 17.6 Å². The van der Waals surface area contributed by atoms with Gasteiger partial charge in [-0.1, -0.05) is 6.07 Å². The standard InChI is InChI=1S/C14H8ClF2NO/c15-7-9-1-4-14(13(17)5-9)19-11-3-2-10(8-18)12(16)6-11/h1-6H,7H2. The number of nitriles is 1. The van der Waals surface area contributed by atoms with E-state index in [4.69, 9.17) is 21.6 Å². The molecule has 0 aliphatic heterocycles. The molecule has 0 amide bonds. The number of hydrogen-bond donors (Lipinski definition) is 0. The summed E-state index contributed by atoms with van der Waals surface area (Å²) in [6.45, 7) is 0. The average Bonchev–Trinajstić information content (AvgIpc) is 2.41. The summed E-state index contributed by atoms with van der Waals surface area (Å²) in [4.78, 5) is 0. The summed E-state index contributed by atoms with van der Waals surface area (Å²) >= 11 is 5.58. The molecule has 0 heterocycles. The van der Waals surface area contributed by atoms with Crippen molar-refractivity contribution in [1.82, 2.24) is 0 Å². The minimum absolute atomic E-state index is 0.0297. The van der Waals surface area contributed by atoms with Gasteiger partial charge in [0.05, 0.1) is 5.56 Å². The molecule has 2 nitrogen and oxygen atoms in total. The van der Waals surface area contributed by atoms with Gasteiger partial charge in [-0.05, 0) is 29.8 Å².